The Morgan fingerprint density at radius 1 is 1.55 bits per heavy atom. The summed E-state index contributed by atoms with van der Waals surface area (Å²) in [5.41, 5.74) is 0. The highest BCUT2D eigenvalue weighted by atomic mass is 16.5. The maximum atomic E-state index is 12.0. The van der Waals surface area contributed by atoms with E-state index in [1.54, 1.807) is 0 Å². The van der Waals surface area contributed by atoms with Gasteiger partial charge in [-0.05, 0) is 6.92 Å². The van der Waals surface area contributed by atoms with Gasteiger partial charge in [-0.25, -0.2) is 9.59 Å². The van der Waals surface area contributed by atoms with Crippen LogP contribution in [0.3, 0.4) is 0 Å². The number of piperazine rings is 1. The number of nitrogens with zero attached hydrogens (tertiary/aromatic N) is 1. The van der Waals surface area contributed by atoms with Gasteiger partial charge in [0.05, 0.1) is 13.5 Å². The van der Waals surface area contributed by atoms with Crippen LogP contribution in [0, 0.1) is 0 Å². The molecule has 1 aliphatic heterocycles. The minimum atomic E-state index is -1.19. The van der Waals surface area contributed by atoms with Crippen molar-refractivity contribution in [2.75, 3.05) is 20.2 Å². The fraction of sp³-hybridized carbons (Fsp3) is 0.636. The number of hydrogen-bond donors (Lipinski definition) is 3. The fourth-order valence-electron chi connectivity index (χ4n) is 1.83. The lowest BCUT2D eigenvalue weighted by atomic mass is 10.1. The number of carbonyl (C=O) groups is 4. The van der Waals surface area contributed by atoms with E-state index in [0.717, 1.165) is 4.90 Å². The molecule has 1 heterocycles. The van der Waals surface area contributed by atoms with Crippen molar-refractivity contribution in [1.29, 1.82) is 0 Å². The Bertz CT molecular complexity index is 424. The van der Waals surface area contributed by atoms with Gasteiger partial charge in [0, 0.05) is 13.1 Å². The minimum Gasteiger partial charge on any atom is -0.481 e. The van der Waals surface area contributed by atoms with Crippen LogP contribution in [-0.2, 0) is 19.1 Å². The van der Waals surface area contributed by atoms with Gasteiger partial charge in [-0.3, -0.25) is 9.59 Å². The number of urea groups is 1. The van der Waals surface area contributed by atoms with Gasteiger partial charge < -0.3 is 25.4 Å². The first-order chi connectivity index (χ1) is 9.36. The second kappa shape index (κ2) is 6.73. The van der Waals surface area contributed by atoms with Gasteiger partial charge >= 0.3 is 18.0 Å². The summed E-state index contributed by atoms with van der Waals surface area (Å²) in [5, 5.41) is 13.6. The van der Waals surface area contributed by atoms with Gasteiger partial charge in [0.2, 0.25) is 5.91 Å². The number of amides is 3. The predicted octanol–water partition coefficient (Wildman–Crippen LogP) is -1.47. The van der Waals surface area contributed by atoms with E-state index in [1.807, 2.05) is 0 Å². The number of hydrogen-bond acceptors (Lipinski definition) is 5. The molecular formula is C11H17N3O6. The Hall–Kier alpha value is -2.32. The van der Waals surface area contributed by atoms with Crippen LogP contribution in [0.2, 0.25) is 0 Å². The molecule has 1 rings (SSSR count). The number of esters is 1. The van der Waals surface area contributed by atoms with E-state index in [2.05, 4.69) is 15.4 Å². The highest BCUT2D eigenvalue weighted by Crippen LogP contribution is 2.09. The molecule has 112 valence electrons. The second-order valence-electron chi connectivity index (χ2n) is 4.29. The minimum absolute atomic E-state index is 0.170. The molecule has 0 aromatic rings. The molecule has 1 saturated heterocycles. The van der Waals surface area contributed by atoms with Crippen LogP contribution in [0.25, 0.3) is 0 Å². The van der Waals surface area contributed by atoms with E-state index in [-0.39, 0.29) is 13.1 Å². The fourth-order valence-corrected chi connectivity index (χ4v) is 1.83. The van der Waals surface area contributed by atoms with Crippen molar-refractivity contribution in [2.24, 2.45) is 0 Å². The molecule has 1 aliphatic rings. The molecule has 0 aromatic carbocycles. The zero-order valence-electron chi connectivity index (χ0n) is 11.2. The Morgan fingerprint density at radius 2 is 2.20 bits per heavy atom. The third kappa shape index (κ3) is 3.84. The molecule has 2 atom stereocenters. The molecular weight excluding hydrogens is 270 g/mol. The number of carboxylic acids is 1. The van der Waals surface area contributed by atoms with Gasteiger partial charge in [-0.15, -0.1) is 0 Å². The summed E-state index contributed by atoms with van der Waals surface area (Å²) in [6.07, 6.45) is -0.494. The molecule has 3 amide bonds. The first-order valence-electron chi connectivity index (χ1n) is 6.01. The van der Waals surface area contributed by atoms with Gasteiger partial charge in [0.15, 0.2) is 0 Å². The Labute approximate surface area is 115 Å². The first kappa shape index (κ1) is 15.7. The van der Waals surface area contributed by atoms with E-state index in [4.69, 9.17) is 5.11 Å². The first-order valence-corrected chi connectivity index (χ1v) is 6.01. The number of nitrogens with one attached hydrogen (secondary N) is 2. The third-order valence-corrected chi connectivity index (χ3v) is 2.85. The van der Waals surface area contributed by atoms with Crippen molar-refractivity contribution in [1.82, 2.24) is 15.5 Å². The van der Waals surface area contributed by atoms with Crippen LogP contribution >= 0.6 is 0 Å². The lowest BCUT2D eigenvalue weighted by molar-refractivity contribution is -0.143. The van der Waals surface area contributed by atoms with Gasteiger partial charge in [-0.2, -0.15) is 0 Å². The summed E-state index contributed by atoms with van der Waals surface area (Å²) in [7, 11) is 1.19. The topological polar surface area (TPSA) is 125 Å². The van der Waals surface area contributed by atoms with Crippen LogP contribution in [0.5, 0.6) is 0 Å². The molecule has 2 unspecified atom stereocenters. The molecule has 9 nitrogen and oxygen atoms in total. The molecule has 9 heteroatoms. The summed E-state index contributed by atoms with van der Waals surface area (Å²) >= 11 is 0. The standard InChI is InChI=1S/C11H17N3O6/c1-6(10(18)20-2)13-11(19)14-4-3-12-9(17)7(14)5-8(15)16/h6-7H,3-5H2,1-2H3,(H,12,17)(H,13,19)(H,15,16). The maximum Gasteiger partial charge on any atom is 0.328 e. The number of methoxy groups -OCH3 is 1. The Kier molecular flexibility index (Phi) is 5.30. The van der Waals surface area contributed by atoms with Crippen LogP contribution in [0.4, 0.5) is 4.79 Å². The van der Waals surface area contributed by atoms with Crippen LogP contribution in [-0.4, -0.2) is 66.2 Å². The summed E-state index contributed by atoms with van der Waals surface area (Å²) in [5.74, 6) is -2.35. The summed E-state index contributed by atoms with van der Waals surface area (Å²) in [4.78, 5) is 46.7. The smallest absolute Gasteiger partial charge is 0.328 e. The molecule has 3 N–H and O–H groups in total. The van der Waals surface area contributed by atoms with Gasteiger partial charge in [0.25, 0.3) is 0 Å². The lowest BCUT2D eigenvalue weighted by Crippen LogP contribution is -2.61. The number of aliphatic carboxylic acids is 1. The van der Waals surface area contributed by atoms with E-state index in [9.17, 15) is 19.2 Å². The molecule has 0 aromatic heterocycles. The summed E-state index contributed by atoms with van der Waals surface area (Å²) in [6, 6.07) is -2.65. The zero-order valence-corrected chi connectivity index (χ0v) is 11.2. The number of ether oxygens (including phenoxy) is 1. The highest BCUT2D eigenvalue weighted by molar-refractivity contribution is 5.92. The monoisotopic (exact) mass is 287 g/mol. The molecule has 0 bridgehead atoms. The quantitative estimate of drug-likeness (QED) is 0.542. The van der Waals surface area contributed by atoms with Crippen LogP contribution in [0.15, 0.2) is 0 Å². The van der Waals surface area contributed by atoms with Crippen LogP contribution in [0.1, 0.15) is 13.3 Å². The SMILES string of the molecule is COC(=O)C(C)NC(=O)N1CCNC(=O)C1CC(=O)O. The average molecular weight is 287 g/mol. The van der Waals surface area contributed by atoms with E-state index in [1.165, 1.54) is 14.0 Å². The van der Waals surface area contributed by atoms with Crippen molar-refractivity contribution in [2.45, 2.75) is 25.4 Å². The van der Waals surface area contributed by atoms with E-state index in [0.29, 0.717) is 0 Å². The average Bonchev–Trinajstić information content (AvgIpc) is 2.39. The molecule has 0 radical (unpaired) electrons. The zero-order chi connectivity index (χ0) is 15.3. The Balaban J connectivity index is 2.74. The van der Waals surface area contributed by atoms with E-state index >= 15 is 0 Å². The van der Waals surface area contributed by atoms with Crippen molar-refractivity contribution < 1.29 is 29.0 Å². The van der Waals surface area contributed by atoms with Crippen molar-refractivity contribution in [3.05, 3.63) is 0 Å². The molecule has 0 spiro atoms. The Morgan fingerprint density at radius 3 is 2.75 bits per heavy atom. The summed E-state index contributed by atoms with van der Waals surface area (Å²) < 4.78 is 4.47. The van der Waals surface area contributed by atoms with Gasteiger partial charge in [0.1, 0.15) is 12.1 Å². The number of carbonyl (C=O) groups excluding carboxylic acids is 3. The lowest BCUT2D eigenvalue weighted by Gasteiger charge is -2.34. The number of carboxylic acid groups (broad SMARTS) is 1. The largest absolute Gasteiger partial charge is 0.481 e. The normalized spacial score (nSPS) is 19.8. The van der Waals surface area contributed by atoms with Crippen molar-refractivity contribution >= 4 is 23.9 Å². The summed E-state index contributed by atoms with van der Waals surface area (Å²) in [6.45, 7) is 1.83. The molecule has 0 aliphatic carbocycles. The molecule has 1 fully saturated rings. The molecule has 0 saturated carbocycles. The third-order valence-electron chi connectivity index (χ3n) is 2.85. The molecule has 20 heavy (non-hydrogen) atoms. The highest BCUT2D eigenvalue weighted by Gasteiger charge is 2.35. The predicted molar refractivity (Wildman–Crippen MR) is 65.8 cm³/mol. The van der Waals surface area contributed by atoms with Gasteiger partial charge in [-0.1, -0.05) is 0 Å². The van der Waals surface area contributed by atoms with Crippen molar-refractivity contribution in [3.63, 3.8) is 0 Å². The number of rotatable bonds is 4. The van der Waals surface area contributed by atoms with Crippen LogP contribution < -0.4 is 10.6 Å². The van der Waals surface area contributed by atoms with E-state index < -0.39 is 42.4 Å². The second-order valence-corrected chi connectivity index (χ2v) is 4.29. The van der Waals surface area contributed by atoms with Crippen molar-refractivity contribution in [3.8, 4) is 0 Å². The maximum absolute atomic E-state index is 12.0.